The molecule has 3 aromatic heterocycles. The molecular formula is C20H19F3N6O2. The third-order valence-corrected chi connectivity index (χ3v) is 5.14. The molecule has 8 nitrogen and oxygen atoms in total. The summed E-state index contributed by atoms with van der Waals surface area (Å²) in [6, 6.07) is 5.11. The molecule has 0 saturated carbocycles. The maximum atomic E-state index is 13.3. The van der Waals surface area contributed by atoms with Gasteiger partial charge >= 0.3 is 6.18 Å². The topological polar surface area (TPSA) is 86.0 Å². The van der Waals surface area contributed by atoms with Gasteiger partial charge in [0, 0.05) is 25.0 Å². The number of amides is 1. The van der Waals surface area contributed by atoms with E-state index >= 15 is 0 Å². The molecule has 1 saturated heterocycles. The van der Waals surface area contributed by atoms with Crippen LogP contribution in [0.1, 0.15) is 35.7 Å². The Bertz CT molecular complexity index is 1040. The molecule has 1 aliphatic heterocycles. The molecule has 31 heavy (non-hydrogen) atoms. The summed E-state index contributed by atoms with van der Waals surface area (Å²) in [5.41, 5.74) is -0.497. The standard InChI is InChI=1S/C20H19F3N6O2/c1-13-16(31-17-7-6-14(12-25-17)20(21,22)23)5-3-11-28(13)19(30)15-4-2-8-24-18(15)29-26-9-10-27-29/h2,4,6-10,12-13,16H,3,5,11H2,1H3. The van der Waals surface area contributed by atoms with Crippen molar-refractivity contribution in [2.24, 2.45) is 0 Å². The number of pyridine rings is 2. The quantitative estimate of drug-likeness (QED) is 0.630. The summed E-state index contributed by atoms with van der Waals surface area (Å²) in [6.07, 6.45) is 1.73. The molecule has 1 fully saturated rings. The van der Waals surface area contributed by atoms with Gasteiger partial charge in [-0.05, 0) is 38.0 Å². The van der Waals surface area contributed by atoms with Crippen LogP contribution in [-0.4, -0.2) is 54.5 Å². The van der Waals surface area contributed by atoms with E-state index in [1.54, 1.807) is 23.2 Å². The first kappa shape index (κ1) is 20.8. The number of carbonyl (C=O) groups excluding carboxylic acids is 1. The number of carbonyl (C=O) groups is 1. The van der Waals surface area contributed by atoms with Gasteiger partial charge in [0.25, 0.3) is 5.91 Å². The Morgan fingerprint density at radius 1 is 1.13 bits per heavy atom. The lowest BCUT2D eigenvalue weighted by atomic mass is 9.99. The molecular weight excluding hydrogens is 413 g/mol. The van der Waals surface area contributed by atoms with Crippen LogP contribution < -0.4 is 4.74 Å². The van der Waals surface area contributed by atoms with E-state index in [4.69, 9.17) is 4.74 Å². The maximum absolute atomic E-state index is 13.3. The van der Waals surface area contributed by atoms with Crippen LogP contribution in [0.25, 0.3) is 5.82 Å². The maximum Gasteiger partial charge on any atom is 0.417 e. The van der Waals surface area contributed by atoms with Gasteiger partial charge < -0.3 is 9.64 Å². The fraction of sp³-hybridized carbons (Fsp3) is 0.350. The van der Waals surface area contributed by atoms with Gasteiger partial charge in [0.15, 0.2) is 5.82 Å². The molecule has 4 rings (SSSR count). The van der Waals surface area contributed by atoms with E-state index in [1.807, 2.05) is 6.92 Å². The molecule has 0 aliphatic carbocycles. The fourth-order valence-electron chi connectivity index (χ4n) is 3.53. The molecule has 2 unspecified atom stereocenters. The van der Waals surface area contributed by atoms with Gasteiger partial charge in [-0.2, -0.15) is 23.4 Å². The molecule has 1 aliphatic rings. The van der Waals surface area contributed by atoms with Crippen molar-refractivity contribution < 1.29 is 22.7 Å². The van der Waals surface area contributed by atoms with Crippen molar-refractivity contribution in [3.05, 3.63) is 60.2 Å². The molecule has 162 valence electrons. The Morgan fingerprint density at radius 3 is 2.58 bits per heavy atom. The molecule has 2 atom stereocenters. The number of ether oxygens (including phenoxy) is 1. The Balaban J connectivity index is 1.52. The lowest BCUT2D eigenvalue weighted by molar-refractivity contribution is -0.137. The van der Waals surface area contributed by atoms with Gasteiger partial charge in [-0.1, -0.05) is 0 Å². The first-order valence-corrected chi connectivity index (χ1v) is 9.67. The van der Waals surface area contributed by atoms with Crippen molar-refractivity contribution in [2.45, 2.75) is 38.1 Å². The van der Waals surface area contributed by atoms with Crippen molar-refractivity contribution >= 4 is 5.91 Å². The van der Waals surface area contributed by atoms with Crippen LogP contribution in [0.4, 0.5) is 13.2 Å². The summed E-state index contributed by atoms with van der Waals surface area (Å²) in [4.78, 5) is 24.3. The zero-order valence-electron chi connectivity index (χ0n) is 16.5. The Hall–Kier alpha value is -3.50. The first-order chi connectivity index (χ1) is 14.8. The third-order valence-electron chi connectivity index (χ3n) is 5.14. The lowest BCUT2D eigenvalue weighted by Crippen LogP contribution is -2.51. The van der Waals surface area contributed by atoms with Crippen LogP contribution >= 0.6 is 0 Å². The summed E-state index contributed by atoms with van der Waals surface area (Å²) in [5.74, 6) is 0.153. The summed E-state index contributed by atoms with van der Waals surface area (Å²) in [5, 5.41) is 8.10. The van der Waals surface area contributed by atoms with Gasteiger partial charge in [-0.15, -0.1) is 4.80 Å². The minimum atomic E-state index is -4.46. The van der Waals surface area contributed by atoms with Crippen LogP contribution in [0.3, 0.4) is 0 Å². The summed E-state index contributed by atoms with van der Waals surface area (Å²) in [7, 11) is 0. The summed E-state index contributed by atoms with van der Waals surface area (Å²) in [6.45, 7) is 2.36. The van der Waals surface area contributed by atoms with Crippen LogP contribution in [0.15, 0.2) is 49.1 Å². The molecule has 0 bridgehead atoms. The van der Waals surface area contributed by atoms with Crippen molar-refractivity contribution in [3.8, 4) is 11.7 Å². The predicted octanol–water partition coefficient (Wildman–Crippen LogP) is 3.15. The number of alkyl halides is 3. The van der Waals surface area contributed by atoms with Crippen molar-refractivity contribution in [2.75, 3.05) is 6.54 Å². The monoisotopic (exact) mass is 432 g/mol. The number of piperidine rings is 1. The molecule has 3 aromatic rings. The fourth-order valence-corrected chi connectivity index (χ4v) is 3.53. The second-order valence-electron chi connectivity index (χ2n) is 7.11. The normalized spacial score (nSPS) is 19.3. The number of likely N-dealkylation sites (tertiary alicyclic amines) is 1. The number of aromatic nitrogens is 5. The second-order valence-corrected chi connectivity index (χ2v) is 7.11. The van der Waals surface area contributed by atoms with Crippen molar-refractivity contribution in [1.29, 1.82) is 0 Å². The molecule has 0 radical (unpaired) electrons. The van der Waals surface area contributed by atoms with Gasteiger partial charge in [0.1, 0.15) is 6.10 Å². The van der Waals surface area contributed by atoms with Gasteiger partial charge in [-0.3, -0.25) is 4.79 Å². The lowest BCUT2D eigenvalue weighted by Gasteiger charge is -2.39. The number of nitrogens with zero attached hydrogens (tertiary/aromatic N) is 6. The van der Waals surface area contributed by atoms with Crippen LogP contribution in [0, 0.1) is 0 Å². The van der Waals surface area contributed by atoms with Crippen molar-refractivity contribution in [3.63, 3.8) is 0 Å². The Kier molecular flexibility index (Phi) is 5.57. The Morgan fingerprint density at radius 2 is 1.90 bits per heavy atom. The molecule has 4 heterocycles. The highest BCUT2D eigenvalue weighted by atomic mass is 19.4. The minimum Gasteiger partial charge on any atom is -0.472 e. The molecule has 11 heteroatoms. The average molecular weight is 432 g/mol. The summed E-state index contributed by atoms with van der Waals surface area (Å²) < 4.78 is 44.0. The Labute approximate surface area is 175 Å². The number of rotatable bonds is 4. The van der Waals surface area contributed by atoms with Crippen LogP contribution in [0.5, 0.6) is 5.88 Å². The average Bonchev–Trinajstić information content (AvgIpc) is 3.29. The van der Waals surface area contributed by atoms with E-state index in [0.717, 1.165) is 12.3 Å². The van der Waals surface area contributed by atoms with Gasteiger partial charge in [-0.25, -0.2) is 9.97 Å². The van der Waals surface area contributed by atoms with E-state index < -0.39 is 17.8 Å². The van der Waals surface area contributed by atoms with Crippen LogP contribution in [0.2, 0.25) is 0 Å². The van der Waals surface area contributed by atoms with E-state index in [-0.39, 0.29) is 17.8 Å². The van der Waals surface area contributed by atoms with Crippen LogP contribution in [-0.2, 0) is 6.18 Å². The summed E-state index contributed by atoms with van der Waals surface area (Å²) >= 11 is 0. The number of hydrogen-bond acceptors (Lipinski definition) is 6. The van der Waals surface area contributed by atoms with Crippen molar-refractivity contribution in [1.82, 2.24) is 29.9 Å². The second kappa shape index (κ2) is 8.32. The zero-order valence-corrected chi connectivity index (χ0v) is 16.5. The van der Waals surface area contributed by atoms with Gasteiger partial charge in [0.2, 0.25) is 5.88 Å². The molecule has 0 N–H and O–H groups in total. The van der Waals surface area contributed by atoms with E-state index in [9.17, 15) is 18.0 Å². The molecule has 1 amide bonds. The zero-order chi connectivity index (χ0) is 22.0. The first-order valence-electron chi connectivity index (χ1n) is 9.67. The smallest absolute Gasteiger partial charge is 0.417 e. The highest BCUT2D eigenvalue weighted by molar-refractivity contribution is 5.97. The molecule has 0 spiro atoms. The van der Waals surface area contributed by atoms with E-state index in [2.05, 4.69) is 20.2 Å². The predicted molar refractivity (Wildman–Crippen MR) is 103 cm³/mol. The van der Waals surface area contributed by atoms with E-state index in [1.165, 1.54) is 23.3 Å². The largest absolute Gasteiger partial charge is 0.472 e. The minimum absolute atomic E-state index is 0.0851. The number of hydrogen-bond donors (Lipinski definition) is 0. The van der Waals surface area contributed by atoms with E-state index in [0.29, 0.717) is 30.8 Å². The SMILES string of the molecule is CC1C(Oc2ccc(C(F)(F)F)cn2)CCCN1C(=O)c1cccnc1-n1nccn1. The van der Waals surface area contributed by atoms with Gasteiger partial charge in [0.05, 0.1) is 29.6 Å². The highest BCUT2D eigenvalue weighted by Gasteiger charge is 2.35. The highest BCUT2D eigenvalue weighted by Crippen LogP contribution is 2.30. The number of halogens is 3. The molecule has 0 aromatic carbocycles. The third kappa shape index (κ3) is 4.35.